The Hall–Kier alpha value is 0.200. The summed E-state index contributed by atoms with van der Waals surface area (Å²) in [7, 11) is 1.57. The van der Waals surface area contributed by atoms with Crippen LogP contribution in [0.5, 0.6) is 0 Å². The van der Waals surface area contributed by atoms with E-state index in [0.717, 1.165) is 11.8 Å². The lowest BCUT2D eigenvalue weighted by Crippen LogP contribution is -2.28. The zero-order valence-corrected chi connectivity index (χ0v) is 8.94. The first-order valence-corrected chi connectivity index (χ1v) is 7.05. The highest BCUT2D eigenvalue weighted by atomic mass is 35.7. The van der Waals surface area contributed by atoms with Crippen LogP contribution in [0.15, 0.2) is 0 Å². The molecule has 0 aromatic carbocycles. The normalized spacial score (nSPS) is 38.4. The average Bonchev–Trinajstić information content (AvgIpc) is 2.58. The molecule has 0 radical (unpaired) electrons. The number of rotatable bonds is 3. The van der Waals surface area contributed by atoms with Gasteiger partial charge in [-0.2, -0.15) is 8.42 Å². The number of fused-ring (bicyclic) bond motifs is 2. The van der Waals surface area contributed by atoms with Crippen LogP contribution in [-0.4, -0.2) is 15.0 Å². The molecule has 13 heavy (non-hydrogen) atoms. The van der Waals surface area contributed by atoms with Crippen LogP contribution in [-0.2, 0) is 9.24 Å². The molecule has 2 aliphatic carbocycles. The van der Waals surface area contributed by atoms with Crippen molar-refractivity contribution in [1.82, 2.24) is 4.72 Å². The van der Waals surface area contributed by atoms with Crippen molar-refractivity contribution in [3.63, 3.8) is 0 Å². The molecule has 0 saturated heterocycles. The lowest BCUT2D eigenvalue weighted by molar-refractivity contribution is 0.333. The highest BCUT2D eigenvalue weighted by Crippen LogP contribution is 2.47. The van der Waals surface area contributed by atoms with E-state index in [0.29, 0.717) is 12.5 Å². The molecular formula is C8H14ClNO2S. The molecule has 2 saturated carbocycles. The summed E-state index contributed by atoms with van der Waals surface area (Å²) in [5, 5.41) is 0. The molecule has 0 aromatic heterocycles. The predicted molar refractivity (Wildman–Crippen MR) is 51.7 cm³/mol. The second-order valence-corrected chi connectivity index (χ2v) is 6.60. The van der Waals surface area contributed by atoms with E-state index in [4.69, 9.17) is 10.7 Å². The Kier molecular flexibility index (Phi) is 2.55. The average molecular weight is 224 g/mol. The summed E-state index contributed by atoms with van der Waals surface area (Å²) < 4.78 is 23.7. The van der Waals surface area contributed by atoms with Crippen molar-refractivity contribution in [2.75, 3.05) is 6.54 Å². The Morgan fingerprint density at radius 2 is 2.08 bits per heavy atom. The van der Waals surface area contributed by atoms with Crippen molar-refractivity contribution >= 4 is 19.9 Å². The number of nitrogens with one attached hydrogen (secondary N) is 1. The molecular weight excluding hydrogens is 210 g/mol. The Balaban J connectivity index is 1.84. The van der Waals surface area contributed by atoms with Crippen LogP contribution in [0.3, 0.4) is 0 Å². The summed E-state index contributed by atoms with van der Waals surface area (Å²) in [4.78, 5) is 0. The van der Waals surface area contributed by atoms with Crippen molar-refractivity contribution in [3.8, 4) is 0 Å². The van der Waals surface area contributed by atoms with Crippen LogP contribution in [0.2, 0.25) is 0 Å². The van der Waals surface area contributed by atoms with E-state index in [1.165, 1.54) is 25.7 Å². The zero-order chi connectivity index (χ0) is 9.47. The van der Waals surface area contributed by atoms with Crippen LogP contribution < -0.4 is 4.72 Å². The third-order valence-electron chi connectivity index (χ3n) is 3.40. The molecule has 3 unspecified atom stereocenters. The van der Waals surface area contributed by atoms with Gasteiger partial charge in [0.15, 0.2) is 0 Å². The first kappa shape index (κ1) is 9.74. The molecule has 2 bridgehead atoms. The maximum absolute atomic E-state index is 10.6. The largest absolute Gasteiger partial charge is 0.297 e. The summed E-state index contributed by atoms with van der Waals surface area (Å²) in [6.45, 7) is 0.535. The molecule has 2 fully saturated rings. The highest BCUT2D eigenvalue weighted by Gasteiger charge is 2.39. The van der Waals surface area contributed by atoms with E-state index in [1.807, 2.05) is 0 Å². The number of hydrogen-bond donors (Lipinski definition) is 1. The van der Waals surface area contributed by atoms with Crippen molar-refractivity contribution in [2.24, 2.45) is 17.8 Å². The van der Waals surface area contributed by atoms with Crippen LogP contribution >= 0.6 is 10.7 Å². The second-order valence-electron chi connectivity index (χ2n) is 4.22. The van der Waals surface area contributed by atoms with Crippen LogP contribution in [0.25, 0.3) is 0 Å². The van der Waals surface area contributed by atoms with Gasteiger partial charge < -0.3 is 0 Å². The molecule has 0 heterocycles. The Labute approximate surface area is 83.4 Å². The lowest BCUT2D eigenvalue weighted by atomic mass is 9.89. The molecule has 76 valence electrons. The highest BCUT2D eigenvalue weighted by molar-refractivity contribution is 8.12. The second kappa shape index (κ2) is 3.41. The molecule has 1 N–H and O–H groups in total. The molecule has 0 spiro atoms. The molecule has 3 nitrogen and oxygen atoms in total. The lowest BCUT2D eigenvalue weighted by Gasteiger charge is -2.20. The standard InChI is InChI=1S/C8H14ClNO2S/c9-13(11,12)10-5-8-4-6-1-2-7(8)3-6/h6-8,10H,1-5H2. The number of halogens is 1. The van der Waals surface area contributed by atoms with Crippen molar-refractivity contribution in [3.05, 3.63) is 0 Å². The third-order valence-corrected chi connectivity index (χ3v) is 4.24. The summed E-state index contributed by atoms with van der Waals surface area (Å²) >= 11 is 0. The minimum Gasteiger partial charge on any atom is -0.202 e. The molecule has 0 amide bonds. The molecule has 0 aromatic rings. The van der Waals surface area contributed by atoms with Gasteiger partial charge in [0.2, 0.25) is 0 Å². The fourth-order valence-electron chi connectivity index (χ4n) is 2.83. The molecule has 3 atom stereocenters. The molecule has 2 rings (SSSR count). The van der Waals surface area contributed by atoms with Gasteiger partial charge >= 0.3 is 0 Å². The molecule has 2 aliphatic rings. The van der Waals surface area contributed by atoms with Gasteiger partial charge in [-0.3, -0.25) is 0 Å². The van der Waals surface area contributed by atoms with Crippen LogP contribution in [0.1, 0.15) is 25.7 Å². The van der Waals surface area contributed by atoms with E-state index >= 15 is 0 Å². The van der Waals surface area contributed by atoms with Crippen molar-refractivity contribution < 1.29 is 8.42 Å². The minimum absolute atomic E-state index is 0.535. The monoisotopic (exact) mass is 223 g/mol. The van der Waals surface area contributed by atoms with E-state index in [1.54, 1.807) is 0 Å². The van der Waals surface area contributed by atoms with Gasteiger partial charge in [-0.25, -0.2) is 4.72 Å². The zero-order valence-electron chi connectivity index (χ0n) is 7.37. The summed E-state index contributed by atoms with van der Waals surface area (Å²) in [5.41, 5.74) is 0. The van der Waals surface area contributed by atoms with E-state index in [-0.39, 0.29) is 0 Å². The first-order chi connectivity index (χ1) is 6.04. The number of hydrogen-bond acceptors (Lipinski definition) is 2. The maximum atomic E-state index is 10.6. The van der Waals surface area contributed by atoms with Crippen molar-refractivity contribution in [2.45, 2.75) is 25.7 Å². The van der Waals surface area contributed by atoms with Gasteiger partial charge in [-0.05, 0) is 37.0 Å². The van der Waals surface area contributed by atoms with Gasteiger partial charge in [0.05, 0.1) is 0 Å². The van der Waals surface area contributed by atoms with Gasteiger partial charge in [0.1, 0.15) is 0 Å². The van der Waals surface area contributed by atoms with Crippen molar-refractivity contribution in [1.29, 1.82) is 0 Å². The first-order valence-electron chi connectivity index (χ1n) is 4.74. The predicted octanol–water partition coefficient (Wildman–Crippen LogP) is 1.50. The third kappa shape index (κ3) is 2.36. The van der Waals surface area contributed by atoms with Crippen LogP contribution in [0.4, 0.5) is 0 Å². The van der Waals surface area contributed by atoms with E-state index in [9.17, 15) is 8.42 Å². The Bertz CT molecular complexity index is 291. The fourth-order valence-corrected chi connectivity index (χ4v) is 3.44. The Morgan fingerprint density at radius 3 is 2.54 bits per heavy atom. The smallest absolute Gasteiger partial charge is 0.202 e. The minimum atomic E-state index is -3.51. The SMILES string of the molecule is O=S(=O)(Cl)NCC1CC2CCC1C2. The van der Waals surface area contributed by atoms with Crippen LogP contribution in [0, 0.1) is 17.8 Å². The van der Waals surface area contributed by atoms with Gasteiger partial charge in [0.25, 0.3) is 9.24 Å². The summed E-state index contributed by atoms with van der Waals surface area (Å²) in [5.74, 6) is 2.14. The van der Waals surface area contributed by atoms with Gasteiger partial charge in [-0.1, -0.05) is 6.42 Å². The quantitative estimate of drug-likeness (QED) is 0.737. The summed E-state index contributed by atoms with van der Waals surface area (Å²) in [6.07, 6.45) is 5.10. The maximum Gasteiger partial charge on any atom is 0.297 e. The van der Waals surface area contributed by atoms with Gasteiger partial charge in [0, 0.05) is 17.2 Å². The fraction of sp³-hybridized carbons (Fsp3) is 1.00. The van der Waals surface area contributed by atoms with E-state index < -0.39 is 9.24 Å². The summed E-state index contributed by atoms with van der Waals surface area (Å²) in [6, 6.07) is 0. The Morgan fingerprint density at radius 1 is 1.31 bits per heavy atom. The topological polar surface area (TPSA) is 46.2 Å². The van der Waals surface area contributed by atoms with Gasteiger partial charge in [-0.15, -0.1) is 0 Å². The van der Waals surface area contributed by atoms with E-state index in [2.05, 4.69) is 4.72 Å². The molecule has 0 aliphatic heterocycles. The molecule has 5 heteroatoms.